The summed E-state index contributed by atoms with van der Waals surface area (Å²) in [6.07, 6.45) is 2.68. The first-order valence-electron chi connectivity index (χ1n) is 5.48. The van der Waals surface area contributed by atoms with Crippen molar-refractivity contribution in [3.05, 3.63) is 17.8 Å². The zero-order valence-corrected chi connectivity index (χ0v) is 9.94. The maximum absolute atomic E-state index is 6.04. The molecule has 1 aliphatic rings. The Morgan fingerprint density at radius 1 is 1.50 bits per heavy atom. The van der Waals surface area contributed by atoms with Crippen molar-refractivity contribution >= 4 is 27.4 Å². The summed E-state index contributed by atoms with van der Waals surface area (Å²) < 4.78 is 0. The molecule has 1 saturated heterocycles. The van der Waals surface area contributed by atoms with Gasteiger partial charge in [-0.1, -0.05) is 0 Å². The molecule has 2 unspecified atom stereocenters. The highest BCUT2D eigenvalue weighted by Gasteiger charge is 2.29. The summed E-state index contributed by atoms with van der Waals surface area (Å²) in [6, 6.07) is 2.70. The molecule has 1 aliphatic heterocycles. The summed E-state index contributed by atoms with van der Waals surface area (Å²) in [6.45, 7) is 3.16. The Kier molecular flexibility index (Phi) is 2.29. The van der Waals surface area contributed by atoms with E-state index in [1.54, 1.807) is 17.7 Å². The SMILES string of the molecule is CC1C(N)CCN1c1ncnc2sccc12. The second kappa shape index (κ2) is 3.68. The van der Waals surface area contributed by atoms with Gasteiger partial charge in [0.25, 0.3) is 0 Å². The number of aromatic nitrogens is 2. The van der Waals surface area contributed by atoms with Crippen LogP contribution in [0.2, 0.25) is 0 Å². The van der Waals surface area contributed by atoms with Crippen LogP contribution in [0.25, 0.3) is 10.2 Å². The van der Waals surface area contributed by atoms with Gasteiger partial charge in [0.05, 0.1) is 5.39 Å². The first-order valence-corrected chi connectivity index (χ1v) is 6.36. The number of rotatable bonds is 1. The fourth-order valence-corrected chi connectivity index (χ4v) is 3.00. The molecule has 3 rings (SSSR count). The normalized spacial score (nSPS) is 25.5. The van der Waals surface area contributed by atoms with E-state index < -0.39 is 0 Å². The predicted molar refractivity (Wildman–Crippen MR) is 66.8 cm³/mol. The quantitative estimate of drug-likeness (QED) is 0.814. The second-order valence-corrected chi connectivity index (χ2v) is 5.12. The van der Waals surface area contributed by atoms with Crippen molar-refractivity contribution in [3.8, 4) is 0 Å². The van der Waals surface area contributed by atoms with Crippen molar-refractivity contribution in [3.63, 3.8) is 0 Å². The number of anilines is 1. The summed E-state index contributed by atoms with van der Waals surface area (Å²) in [7, 11) is 0. The largest absolute Gasteiger partial charge is 0.352 e. The molecule has 3 heterocycles. The van der Waals surface area contributed by atoms with Crippen molar-refractivity contribution < 1.29 is 0 Å². The van der Waals surface area contributed by atoms with Gasteiger partial charge in [-0.15, -0.1) is 11.3 Å². The van der Waals surface area contributed by atoms with Crippen LogP contribution in [-0.4, -0.2) is 28.6 Å². The van der Waals surface area contributed by atoms with Crippen LogP contribution >= 0.6 is 11.3 Å². The molecule has 0 bridgehead atoms. The highest BCUT2D eigenvalue weighted by Crippen LogP contribution is 2.30. The Bertz CT molecular complexity index is 509. The van der Waals surface area contributed by atoms with Crippen LogP contribution in [0, 0.1) is 0 Å². The predicted octanol–water partition coefficient (Wildman–Crippen LogP) is 1.62. The van der Waals surface area contributed by atoms with E-state index in [1.807, 2.05) is 0 Å². The minimum absolute atomic E-state index is 0.253. The van der Waals surface area contributed by atoms with Crippen LogP contribution in [-0.2, 0) is 0 Å². The van der Waals surface area contributed by atoms with E-state index >= 15 is 0 Å². The van der Waals surface area contributed by atoms with Gasteiger partial charge < -0.3 is 10.6 Å². The van der Waals surface area contributed by atoms with E-state index in [-0.39, 0.29) is 6.04 Å². The topological polar surface area (TPSA) is 55.0 Å². The van der Waals surface area contributed by atoms with Crippen molar-refractivity contribution in [2.45, 2.75) is 25.4 Å². The average molecular weight is 234 g/mol. The Balaban J connectivity index is 2.09. The van der Waals surface area contributed by atoms with Crippen LogP contribution in [0.5, 0.6) is 0 Å². The van der Waals surface area contributed by atoms with Gasteiger partial charge in [-0.25, -0.2) is 9.97 Å². The van der Waals surface area contributed by atoms with Gasteiger partial charge in [-0.3, -0.25) is 0 Å². The molecule has 84 valence electrons. The molecule has 5 heteroatoms. The lowest BCUT2D eigenvalue weighted by molar-refractivity contribution is 0.622. The average Bonchev–Trinajstić information content (AvgIpc) is 2.87. The lowest BCUT2D eigenvalue weighted by Crippen LogP contribution is -2.37. The summed E-state index contributed by atoms with van der Waals surface area (Å²) in [5, 5.41) is 3.21. The van der Waals surface area contributed by atoms with Crippen molar-refractivity contribution in [1.29, 1.82) is 0 Å². The molecule has 0 amide bonds. The molecule has 0 spiro atoms. The molecular formula is C11H14N4S. The zero-order chi connectivity index (χ0) is 11.1. The maximum Gasteiger partial charge on any atom is 0.141 e. The molecule has 0 aliphatic carbocycles. The molecule has 2 aromatic rings. The van der Waals surface area contributed by atoms with Gasteiger partial charge in [0.2, 0.25) is 0 Å². The Hall–Kier alpha value is -1.20. The summed E-state index contributed by atoms with van der Waals surface area (Å²) in [4.78, 5) is 12.0. The zero-order valence-electron chi connectivity index (χ0n) is 9.13. The monoisotopic (exact) mass is 234 g/mol. The van der Waals surface area contributed by atoms with E-state index in [4.69, 9.17) is 5.73 Å². The standard InChI is InChI=1S/C11H14N4S/c1-7-9(12)2-4-15(7)10-8-3-5-16-11(8)14-6-13-10/h3,5-7,9H,2,4,12H2,1H3. The number of fused-ring (bicyclic) bond motifs is 1. The molecular weight excluding hydrogens is 220 g/mol. The highest BCUT2D eigenvalue weighted by molar-refractivity contribution is 7.16. The van der Waals surface area contributed by atoms with Crippen molar-refractivity contribution in [1.82, 2.24) is 9.97 Å². The fraction of sp³-hybridized carbons (Fsp3) is 0.455. The minimum Gasteiger partial charge on any atom is -0.352 e. The van der Waals surface area contributed by atoms with Crippen LogP contribution in [0.4, 0.5) is 5.82 Å². The third-order valence-corrected chi connectivity index (χ3v) is 4.15. The second-order valence-electron chi connectivity index (χ2n) is 4.22. The first kappa shape index (κ1) is 9.99. The van der Waals surface area contributed by atoms with E-state index in [0.29, 0.717) is 6.04 Å². The molecule has 2 N–H and O–H groups in total. The maximum atomic E-state index is 6.04. The lowest BCUT2D eigenvalue weighted by atomic mass is 10.2. The van der Waals surface area contributed by atoms with Gasteiger partial charge in [0.1, 0.15) is 17.0 Å². The van der Waals surface area contributed by atoms with E-state index in [1.165, 1.54) is 0 Å². The van der Waals surface area contributed by atoms with Gasteiger partial charge >= 0.3 is 0 Å². The minimum atomic E-state index is 0.253. The summed E-state index contributed by atoms with van der Waals surface area (Å²) in [5.41, 5.74) is 6.04. The number of hydrogen-bond donors (Lipinski definition) is 1. The van der Waals surface area contributed by atoms with Gasteiger partial charge in [0.15, 0.2) is 0 Å². The number of hydrogen-bond acceptors (Lipinski definition) is 5. The van der Waals surface area contributed by atoms with Gasteiger partial charge in [0, 0.05) is 18.6 Å². The lowest BCUT2D eigenvalue weighted by Gasteiger charge is -2.24. The molecule has 4 nitrogen and oxygen atoms in total. The Morgan fingerprint density at radius 3 is 3.12 bits per heavy atom. The third kappa shape index (κ3) is 1.39. The van der Waals surface area contributed by atoms with Crippen LogP contribution in [0.1, 0.15) is 13.3 Å². The number of thiophene rings is 1. The molecule has 16 heavy (non-hydrogen) atoms. The summed E-state index contributed by atoms with van der Waals surface area (Å²) in [5.74, 6) is 1.03. The third-order valence-electron chi connectivity index (χ3n) is 3.33. The van der Waals surface area contributed by atoms with Crippen LogP contribution in [0.15, 0.2) is 17.8 Å². The Morgan fingerprint density at radius 2 is 2.38 bits per heavy atom. The molecule has 2 aromatic heterocycles. The van der Waals surface area contributed by atoms with Gasteiger partial charge in [-0.2, -0.15) is 0 Å². The molecule has 0 aromatic carbocycles. The highest BCUT2D eigenvalue weighted by atomic mass is 32.1. The van der Waals surface area contributed by atoms with Crippen molar-refractivity contribution in [2.75, 3.05) is 11.4 Å². The van der Waals surface area contributed by atoms with Crippen LogP contribution in [0.3, 0.4) is 0 Å². The molecule has 1 fully saturated rings. The number of nitrogens with two attached hydrogens (primary N) is 1. The Labute approximate surface area is 98.1 Å². The smallest absolute Gasteiger partial charge is 0.141 e. The van der Waals surface area contributed by atoms with Gasteiger partial charge in [-0.05, 0) is 24.8 Å². The van der Waals surface area contributed by atoms with Crippen molar-refractivity contribution in [2.24, 2.45) is 5.73 Å². The summed E-state index contributed by atoms with van der Waals surface area (Å²) >= 11 is 1.65. The molecule has 2 atom stereocenters. The fourth-order valence-electron chi connectivity index (χ4n) is 2.27. The van der Waals surface area contributed by atoms with E-state index in [0.717, 1.165) is 29.0 Å². The first-order chi connectivity index (χ1) is 7.77. The van der Waals surface area contributed by atoms with Crippen LogP contribution < -0.4 is 10.6 Å². The van der Waals surface area contributed by atoms with E-state index in [9.17, 15) is 0 Å². The number of nitrogens with zero attached hydrogens (tertiary/aromatic N) is 3. The molecule has 0 saturated carbocycles. The molecule has 0 radical (unpaired) electrons. The van der Waals surface area contributed by atoms with E-state index in [2.05, 4.69) is 33.2 Å².